The number of nitrogens with one attached hydrogen (secondary N) is 2. The lowest BCUT2D eigenvalue weighted by molar-refractivity contribution is -0.133. The van der Waals surface area contributed by atoms with Crippen LogP contribution in [0.4, 0.5) is 0 Å². The molecule has 6 heteroatoms. The van der Waals surface area contributed by atoms with Crippen molar-refractivity contribution in [3.05, 3.63) is 35.9 Å². The van der Waals surface area contributed by atoms with Crippen molar-refractivity contribution in [1.29, 1.82) is 0 Å². The Morgan fingerprint density at radius 3 is 2.24 bits per heavy atom. The van der Waals surface area contributed by atoms with Crippen molar-refractivity contribution in [3.63, 3.8) is 0 Å². The van der Waals surface area contributed by atoms with E-state index >= 15 is 0 Å². The molecule has 1 aromatic rings. The molecule has 1 aromatic carbocycles. The van der Waals surface area contributed by atoms with Gasteiger partial charge in [0.1, 0.15) is 11.6 Å². The number of benzene rings is 1. The Morgan fingerprint density at radius 2 is 1.76 bits per heavy atom. The molecule has 0 unspecified atom stereocenters. The van der Waals surface area contributed by atoms with Crippen LogP contribution >= 0.6 is 0 Å². The van der Waals surface area contributed by atoms with E-state index in [1.54, 1.807) is 0 Å². The fourth-order valence-electron chi connectivity index (χ4n) is 1.76. The summed E-state index contributed by atoms with van der Waals surface area (Å²) in [6.07, 6.45) is 0.334. The predicted molar refractivity (Wildman–Crippen MR) is 79.2 cm³/mol. The number of carbonyl (C=O) groups excluding carboxylic acids is 3. The summed E-state index contributed by atoms with van der Waals surface area (Å²) in [5, 5.41) is 5.14. The zero-order valence-corrected chi connectivity index (χ0v) is 12.5. The molecule has 0 radical (unpaired) electrons. The molecular formula is C15H21N3O3. The number of carbonyl (C=O) groups is 3. The molecule has 3 amide bonds. The van der Waals surface area contributed by atoms with E-state index in [1.807, 2.05) is 30.3 Å². The van der Waals surface area contributed by atoms with Crippen LogP contribution in [0.1, 0.15) is 26.3 Å². The monoisotopic (exact) mass is 291 g/mol. The van der Waals surface area contributed by atoms with Crippen LogP contribution in [0.15, 0.2) is 30.3 Å². The predicted octanol–water partition coefficient (Wildman–Crippen LogP) is 0.114. The fourth-order valence-corrected chi connectivity index (χ4v) is 1.76. The van der Waals surface area contributed by atoms with Gasteiger partial charge < -0.3 is 16.4 Å². The molecule has 0 saturated heterocycles. The summed E-state index contributed by atoms with van der Waals surface area (Å²) in [7, 11) is 0. The molecule has 1 rings (SSSR count). The molecule has 0 aliphatic rings. The van der Waals surface area contributed by atoms with Crippen LogP contribution in [0.2, 0.25) is 0 Å². The number of nitrogens with two attached hydrogens (primary N) is 1. The molecule has 0 spiro atoms. The Labute approximate surface area is 124 Å². The molecule has 6 nitrogen and oxygen atoms in total. The van der Waals surface area contributed by atoms with Crippen LogP contribution < -0.4 is 16.4 Å². The quantitative estimate of drug-likeness (QED) is 0.693. The maximum Gasteiger partial charge on any atom is 0.243 e. The van der Waals surface area contributed by atoms with E-state index in [-0.39, 0.29) is 5.91 Å². The number of rotatable bonds is 6. The van der Waals surface area contributed by atoms with Crippen LogP contribution in [0.5, 0.6) is 0 Å². The molecule has 0 heterocycles. The average molecular weight is 291 g/mol. The second kappa shape index (κ2) is 6.88. The Hall–Kier alpha value is -2.37. The van der Waals surface area contributed by atoms with Crippen molar-refractivity contribution in [1.82, 2.24) is 10.6 Å². The summed E-state index contributed by atoms with van der Waals surface area (Å²) in [6.45, 7) is 4.37. The number of amides is 3. The highest BCUT2D eigenvalue weighted by molar-refractivity contribution is 5.93. The second-order valence-electron chi connectivity index (χ2n) is 5.42. The minimum Gasteiger partial charge on any atom is -0.368 e. The minimum absolute atomic E-state index is 0.317. The summed E-state index contributed by atoms with van der Waals surface area (Å²) < 4.78 is 0. The van der Waals surface area contributed by atoms with E-state index in [1.165, 1.54) is 20.8 Å². The van der Waals surface area contributed by atoms with E-state index < -0.39 is 23.4 Å². The molecule has 0 aliphatic carbocycles. The van der Waals surface area contributed by atoms with Gasteiger partial charge in [0, 0.05) is 13.3 Å². The van der Waals surface area contributed by atoms with Gasteiger partial charge in [-0.1, -0.05) is 30.3 Å². The van der Waals surface area contributed by atoms with Crippen LogP contribution in [-0.4, -0.2) is 29.3 Å². The normalized spacial score (nSPS) is 12.3. The first-order valence-electron chi connectivity index (χ1n) is 6.65. The zero-order chi connectivity index (χ0) is 16.0. The standard InChI is InChI=1S/C15H21N3O3/c1-10(19)17-12(9-11-7-5-4-6-8-11)13(20)18-15(2,3)14(16)21/h4-8,12H,9H2,1-3H3,(H2,16,21)(H,17,19)(H,18,20)/t12-/m0/s1. The molecule has 0 aliphatic heterocycles. The maximum absolute atomic E-state index is 12.3. The molecule has 114 valence electrons. The van der Waals surface area contributed by atoms with Crippen molar-refractivity contribution in [3.8, 4) is 0 Å². The summed E-state index contributed by atoms with van der Waals surface area (Å²) in [5.41, 5.74) is 4.96. The Kier molecular flexibility index (Phi) is 5.46. The van der Waals surface area contributed by atoms with Crippen LogP contribution in [0, 0.1) is 0 Å². The van der Waals surface area contributed by atoms with Gasteiger partial charge in [0.15, 0.2) is 0 Å². The molecule has 0 saturated carbocycles. The second-order valence-corrected chi connectivity index (χ2v) is 5.42. The third-order valence-corrected chi connectivity index (χ3v) is 3.03. The number of hydrogen-bond acceptors (Lipinski definition) is 3. The van der Waals surface area contributed by atoms with Gasteiger partial charge in [0.05, 0.1) is 0 Å². The van der Waals surface area contributed by atoms with Gasteiger partial charge in [0.2, 0.25) is 17.7 Å². The number of primary amides is 1. The smallest absolute Gasteiger partial charge is 0.243 e. The first kappa shape index (κ1) is 16.7. The summed E-state index contributed by atoms with van der Waals surface area (Å²) in [6, 6.07) is 8.54. The molecule has 21 heavy (non-hydrogen) atoms. The Morgan fingerprint density at radius 1 is 1.19 bits per heavy atom. The Balaban J connectivity index is 2.84. The molecule has 0 fully saturated rings. The summed E-state index contributed by atoms with van der Waals surface area (Å²) in [5.74, 6) is -1.40. The number of hydrogen-bond donors (Lipinski definition) is 3. The zero-order valence-electron chi connectivity index (χ0n) is 12.5. The van der Waals surface area contributed by atoms with E-state index in [2.05, 4.69) is 10.6 Å². The van der Waals surface area contributed by atoms with Crippen LogP contribution in [0.3, 0.4) is 0 Å². The van der Waals surface area contributed by atoms with Crippen LogP contribution in [0.25, 0.3) is 0 Å². The van der Waals surface area contributed by atoms with Crippen molar-refractivity contribution in [2.45, 2.75) is 38.8 Å². The van der Waals surface area contributed by atoms with Gasteiger partial charge >= 0.3 is 0 Å². The first-order valence-corrected chi connectivity index (χ1v) is 6.65. The molecule has 0 aromatic heterocycles. The lowest BCUT2D eigenvalue weighted by atomic mass is 10.0. The highest BCUT2D eigenvalue weighted by atomic mass is 16.2. The van der Waals surface area contributed by atoms with Crippen molar-refractivity contribution >= 4 is 17.7 Å². The molecule has 1 atom stereocenters. The van der Waals surface area contributed by atoms with E-state index in [0.29, 0.717) is 6.42 Å². The van der Waals surface area contributed by atoms with Crippen molar-refractivity contribution in [2.75, 3.05) is 0 Å². The van der Waals surface area contributed by atoms with Gasteiger partial charge in [-0.05, 0) is 19.4 Å². The lowest BCUT2D eigenvalue weighted by Crippen LogP contribution is -2.58. The highest BCUT2D eigenvalue weighted by Gasteiger charge is 2.30. The lowest BCUT2D eigenvalue weighted by Gasteiger charge is -2.26. The van der Waals surface area contributed by atoms with Crippen molar-refractivity contribution in [2.24, 2.45) is 5.73 Å². The van der Waals surface area contributed by atoms with Gasteiger partial charge in [-0.15, -0.1) is 0 Å². The first-order chi connectivity index (χ1) is 9.72. The van der Waals surface area contributed by atoms with E-state index in [9.17, 15) is 14.4 Å². The molecular weight excluding hydrogens is 270 g/mol. The third-order valence-electron chi connectivity index (χ3n) is 3.03. The summed E-state index contributed by atoms with van der Waals surface area (Å²) in [4.78, 5) is 34.8. The van der Waals surface area contributed by atoms with E-state index in [0.717, 1.165) is 5.56 Å². The third kappa shape index (κ3) is 5.25. The minimum atomic E-state index is -1.18. The topological polar surface area (TPSA) is 101 Å². The highest BCUT2D eigenvalue weighted by Crippen LogP contribution is 2.06. The van der Waals surface area contributed by atoms with Crippen molar-refractivity contribution < 1.29 is 14.4 Å². The Bertz CT molecular complexity index is 526. The van der Waals surface area contributed by atoms with Gasteiger partial charge in [-0.25, -0.2) is 0 Å². The fraction of sp³-hybridized carbons (Fsp3) is 0.400. The largest absolute Gasteiger partial charge is 0.368 e. The SMILES string of the molecule is CC(=O)N[C@@H](Cc1ccccc1)C(=O)NC(C)(C)C(N)=O. The molecule has 4 N–H and O–H groups in total. The van der Waals surface area contributed by atoms with Gasteiger partial charge in [-0.2, -0.15) is 0 Å². The average Bonchev–Trinajstić information content (AvgIpc) is 2.38. The van der Waals surface area contributed by atoms with Gasteiger partial charge in [0.25, 0.3) is 0 Å². The van der Waals surface area contributed by atoms with Gasteiger partial charge in [-0.3, -0.25) is 14.4 Å². The van der Waals surface area contributed by atoms with E-state index in [4.69, 9.17) is 5.73 Å². The molecule has 0 bridgehead atoms. The van der Waals surface area contributed by atoms with Crippen LogP contribution in [-0.2, 0) is 20.8 Å². The summed E-state index contributed by atoms with van der Waals surface area (Å²) >= 11 is 0. The maximum atomic E-state index is 12.3.